The summed E-state index contributed by atoms with van der Waals surface area (Å²) in [6, 6.07) is 8.26. The standard InChI is InChI=1S/C19H28N2O2/c1-15-4-3-5-17(14-15)20-10-12-21(13-11-20)19(22)16-6-8-18(23-2)9-7-16/h6-9,15,17H,3-5,10-14H2,1-2H3/p+1. The molecule has 1 saturated carbocycles. The van der Waals surface area contributed by atoms with Gasteiger partial charge in [0.15, 0.2) is 0 Å². The molecule has 126 valence electrons. The summed E-state index contributed by atoms with van der Waals surface area (Å²) in [5.74, 6) is 1.83. The number of nitrogens with one attached hydrogen (secondary N) is 1. The number of piperazine rings is 1. The molecule has 1 aliphatic heterocycles. The molecule has 1 aliphatic carbocycles. The Kier molecular flexibility index (Phi) is 5.21. The minimum Gasteiger partial charge on any atom is -0.497 e. The summed E-state index contributed by atoms with van der Waals surface area (Å²) in [5, 5.41) is 0. The number of quaternary nitrogens is 1. The maximum atomic E-state index is 12.6. The zero-order valence-electron chi connectivity index (χ0n) is 14.4. The van der Waals surface area contributed by atoms with Crippen LogP contribution in [0.15, 0.2) is 24.3 Å². The first kappa shape index (κ1) is 16.3. The Balaban J connectivity index is 1.54. The van der Waals surface area contributed by atoms with E-state index >= 15 is 0 Å². The Labute approximate surface area is 139 Å². The molecule has 4 nitrogen and oxygen atoms in total. The van der Waals surface area contributed by atoms with E-state index in [9.17, 15) is 4.79 Å². The number of ether oxygens (including phenoxy) is 1. The van der Waals surface area contributed by atoms with Gasteiger partial charge in [0.25, 0.3) is 5.91 Å². The number of rotatable bonds is 3. The molecular weight excluding hydrogens is 288 g/mol. The Morgan fingerprint density at radius 3 is 2.48 bits per heavy atom. The molecule has 2 fully saturated rings. The fourth-order valence-corrected chi connectivity index (χ4v) is 4.13. The van der Waals surface area contributed by atoms with Gasteiger partial charge in [0.2, 0.25) is 0 Å². The van der Waals surface area contributed by atoms with Crippen molar-refractivity contribution in [2.75, 3.05) is 33.3 Å². The summed E-state index contributed by atoms with van der Waals surface area (Å²) in [4.78, 5) is 16.3. The summed E-state index contributed by atoms with van der Waals surface area (Å²) in [5.41, 5.74) is 0.764. The van der Waals surface area contributed by atoms with E-state index < -0.39 is 0 Å². The van der Waals surface area contributed by atoms with Crippen LogP contribution in [0.4, 0.5) is 0 Å². The van der Waals surface area contributed by atoms with Crippen molar-refractivity contribution in [3.63, 3.8) is 0 Å². The molecule has 2 atom stereocenters. The average Bonchev–Trinajstić information content (AvgIpc) is 2.61. The molecule has 0 spiro atoms. The number of methoxy groups -OCH3 is 1. The van der Waals surface area contributed by atoms with E-state index in [-0.39, 0.29) is 5.91 Å². The van der Waals surface area contributed by atoms with Crippen molar-refractivity contribution in [2.45, 2.75) is 38.6 Å². The number of benzene rings is 1. The summed E-state index contributed by atoms with van der Waals surface area (Å²) in [7, 11) is 1.64. The number of hydrogen-bond acceptors (Lipinski definition) is 2. The highest BCUT2D eigenvalue weighted by molar-refractivity contribution is 5.94. The van der Waals surface area contributed by atoms with Gasteiger partial charge in [0.05, 0.1) is 39.3 Å². The lowest BCUT2D eigenvalue weighted by molar-refractivity contribution is -0.930. The van der Waals surface area contributed by atoms with Gasteiger partial charge in [0, 0.05) is 12.0 Å². The fraction of sp³-hybridized carbons (Fsp3) is 0.632. The smallest absolute Gasteiger partial charge is 0.254 e. The van der Waals surface area contributed by atoms with Crippen LogP contribution >= 0.6 is 0 Å². The van der Waals surface area contributed by atoms with E-state index in [0.717, 1.165) is 49.5 Å². The van der Waals surface area contributed by atoms with Crippen molar-refractivity contribution in [3.8, 4) is 5.75 Å². The van der Waals surface area contributed by atoms with E-state index in [4.69, 9.17) is 4.74 Å². The highest BCUT2D eigenvalue weighted by Gasteiger charge is 2.32. The van der Waals surface area contributed by atoms with Gasteiger partial charge in [-0.3, -0.25) is 4.79 Å². The third-order valence-electron chi connectivity index (χ3n) is 5.54. The normalized spacial score (nSPS) is 26.1. The quantitative estimate of drug-likeness (QED) is 0.919. The first-order valence-corrected chi connectivity index (χ1v) is 8.95. The predicted molar refractivity (Wildman–Crippen MR) is 91.0 cm³/mol. The lowest BCUT2D eigenvalue weighted by Gasteiger charge is -2.39. The first-order chi connectivity index (χ1) is 11.2. The molecule has 1 amide bonds. The second-order valence-corrected chi connectivity index (χ2v) is 7.15. The number of carbonyl (C=O) groups excluding carboxylic acids is 1. The number of hydrogen-bond donors (Lipinski definition) is 1. The monoisotopic (exact) mass is 317 g/mol. The van der Waals surface area contributed by atoms with Gasteiger partial charge in [-0.1, -0.05) is 13.3 Å². The van der Waals surface area contributed by atoms with Crippen molar-refractivity contribution < 1.29 is 14.4 Å². The zero-order valence-corrected chi connectivity index (χ0v) is 14.4. The lowest BCUT2D eigenvalue weighted by atomic mass is 9.86. The lowest BCUT2D eigenvalue weighted by Crippen LogP contribution is -3.18. The van der Waals surface area contributed by atoms with Crippen LogP contribution in [0.5, 0.6) is 5.75 Å². The van der Waals surface area contributed by atoms with Crippen LogP contribution < -0.4 is 9.64 Å². The van der Waals surface area contributed by atoms with Crippen molar-refractivity contribution in [2.24, 2.45) is 5.92 Å². The van der Waals surface area contributed by atoms with Gasteiger partial charge < -0.3 is 14.5 Å². The molecule has 23 heavy (non-hydrogen) atoms. The average molecular weight is 317 g/mol. The maximum Gasteiger partial charge on any atom is 0.254 e. The Morgan fingerprint density at radius 2 is 1.87 bits per heavy atom. The van der Waals surface area contributed by atoms with Gasteiger partial charge in [-0.05, 0) is 43.0 Å². The van der Waals surface area contributed by atoms with Crippen molar-refractivity contribution >= 4 is 5.91 Å². The van der Waals surface area contributed by atoms with Gasteiger partial charge in [-0.2, -0.15) is 0 Å². The van der Waals surface area contributed by atoms with Crippen LogP contribution in [0.2, 0.25) is 0 Å². The SMILES string of the molecule is COc1ccc(C(=O)N2CC[NH+](C3CCCC(C)C3)CC2)cc1. The van der Waals surface area contributed by atoms with E-state index in [0.29, 0.717) is 0 Å². The molecule has 1 saturated heterocycles. The molecule has 1 aromatic rings. The number of nitrogens with zero attached hydrogens (tertiary/aromatic N) is 1. The van der Waals surface area contributed by atoms with Crippen LogP contribution in [0.25, 0.3) is 0 Å². The van der Waals surface area contributed by atoms with E-state index in [2.05, 4.69) is 6.92 Å². The Bertz CT molecular complexity index is 521. The molecule has 1 heterocycles. The van der Waals surface area contributed by atoms with Gasteiger partial charge >= 0.3 is 0 Å². The third kappa shape index (κ3) is 3.86. The molecule has 2 unspecified atom stereocenters. The summed E-state index contributed by atoms with van der Waals surface area (Å²) < 4.78 is 5.16. The maximum absolute atomic E-state index is 12.6. The molecule has 4 heteroatoms. The molecule has 3 rings (SSSR count). The van der Waals surface area contributed by atoms with E-state index in [1.807, 2.05) is 29.2 Å². The zero-order chi connectivity index (χ0) is 16.2. The second kappa shape index (κ2) is 7.35. The Hall–Kier alpha value is -1.55. The largest absolute Gasteiger partial charge is 0.497 e. The van der Waals surface area contributed by atoms with Gasteiger partial charge in [-0.15, -0.1) is 0 Å². The van der Waals surface area contributed by atoms with Crippen LogP contribution in [0.1, 0.15) is 43.0 Å². The topological polar surface area (TPSA) is 34.0 Å². The minimum atomic E-state index is 0.156. The molecule has 2 aliphatic rings. The molecule has 1 N–H and O–H groups in total. The fourth-order valence-electron chi connectivity index (χ4n) is 4.13. The van der Waals surface area contributed by atoms with Crippen molar-refractivity contribution in [1.29, 1.82) is 0 Å². The van der Waals surface area contributed by atoms with Crippen LogP contribution in [-0.4, -0.2) is 50.1 Å². The van der Waals surface area contributed by atoms with Crippen molar-refractivity contribution in [3.05, 3.63) is 29.8 Å². The summed E-state index contributed by atoms with van der Waals surface area (Å²) >= 11 is 0. The predicted octanol–water partition coefficient (Wildman–Crippen LogP) is 1.61. The van der Waals surface area contributed by atoms with E-state index in [1.54, 1.807) is 12.0 Å². The van der Waals surface area contributed by atoms with Gasteiger partial charge in [0.1, 0.15) is 5.75 Å². The molecule has 0 radical (unpaired) electrons. The highest BCUT2D eigenvalue weighted by Crippen LogP contribution is 2.22. The second-order valence-electron chi connectivity index (χ2n) is 7.15. The molecule has 0 bridgehead atoms. The molecular formula is C19H29N2O2+. The minimum absolute atomic E-state index is 0.156. The van der Waals surface area contributed by atoms with Gasteiger partial charge in [-0.25, -0.2) is 0 Å². The third-order valence-corrected chi connectivity index (χ3v) is 5.54. The number of carbonyl (C=O) groups is 1. The summed E-state index contributed by atoms with van der Waals surface area (Å²) in [6.07, 6.45) is 5.50. The van der Waals surface area contributed by atoms with Crippen LogP contribution in [0, 0.1) is 5.92 Å². The van der Waals surface area contributed by atoms with Crippen molar-refractivity contribution in [1.82, 2.24) is 4.90 Å². The van der Waals surface area contributed by atoms with E-state index in [1.165, 1.54) is 25.7 Å². The highest BCUT2D eigenvalue weighted by atomic mass is 16.5. The van der Waals surface area contributed by atoms with Crippen LogP contribution in [-0.2, 0) is 0 Å². The summed E-state index contributed by atoms with van der Waals surface area (Å²) in [6.45, 7) is 6.34. The first-order valence-electron chi connectivity index (χ1n) is 8.95. The molecule has 0 aromatic heterocycles. The number of amides is 1. The molecule has 1 aromatic carbocycles. The van der Waals surface area contributed by atoms with Crippen LogP contribution in [0.3, 0.4) is 0 Å². The Morgan fingerprint density at radius 1 is 1.17 bits per heavy atom.